The third-order valence-electron chi connectivity index (χ3n) is 2.62. The van der Waals surface area contributed by atoms with E-state index in [1.807, 2.05) is 0 Å². The highest BCUT2D eigenvalue weighted by Crippen LogP contribution is 2.37. The molecule has 0 fully saturated rings. The summed E-state index contributed by atoms with van der Waals surface area (Å²) in [4.78, 5) is 11.2. The number of hydrogen-bond acceptors (Lipinski definition) is 2. The Balaban J connectivity index is 2.97. The van der Waals surface area contributed by atoms with Gasteiger partial charge in [-0.3, -0.25) is 4.79 Å². The molecule has 3 nitrogen and oxygen atoms in total. The molecule has 0 bridgehead atoms. The summed E-state index contributed by atoms with van der Waals surface area (Å²) < 4.78 is 43.9. The van der Waals surface area contributed by atoms with Crippen LogP contribution in [0.4, 0.5) is 13.2 Å². The summed E-state index contributed by atoms with van der Waals surface area (Å²) in [6.07, 6.45) is -4.66. The highest BCUT2D eigenvalue weighted by atomic mass is 19.4. The fourth-order valence-corrected chi connectivity index (χ4v) is 1.55. The van der Waals surface area contributed by atoms with Gasteiger partial charge in [0.15, 0.2) is 0 Å². The molecule has 0 aromatic heterocycles. The zero-order chi connectivity index (χ0) is 14.5. The lowest BCUT2D eigenvalue weighted by atomic mass is 9.97. The number of alkyl halides is 3. The molecule has 104 valence electrons. The molecule has 19 heavy (non-hydrogen) atoms. The van der Waals surface area contributed by atoms with E-state index in [1.54, 1.807) is 30.3 Å². The van der Waals surface area contributed by atoms with Gasteiger partial charge in [-0.2, -0.15) is 13.2 Å². The average molecular weight is 273 g/mol. The van der Waals surface area contributed by atoms with Crippen molar-refractivity contribution >= 4 is 5.91 Å². The first-order chi connectivity index (χ1) is 8.83. The number of halogens is 3. The van der Waals surface area contributed by atoms with E-state index >= 15 is 0 Å². The first kappa shape index (κ1) is 15.2. The topological polar surface area (TPSA) is 52.3 Å². The summed E-state index contributed by atoms with van der Waals surface area (Å²) in [5.41, 5.74) is 2.35. The lowest BCUT2D eigenvalue weighted by Crippen LogP contribution is -2.57. The van der Waals surface area contributed by atoms with Gasteiger partial charge in [0.05, 0.1) is 6.61 Å². The molecule has 0 unspecified atom stereocenters. The second-order valence-electron chi connectivity index (χ2n) is 3.96. The SMILES string of the molecule is C=CC[C@@](OCc1ccccc1)(C(N)=O)C(F)(F)F. The Kier molecular flexibility index (Phi) is 4.72. The van der Waals surface area contributed by atoms with Crippen LogP contribution in [0.25, 0.3) is 0 Å². The molecule has 0 saturated heterocycles. The lowest BCUT2D eigenvalue weighted by Gasteiger charge is -2.31. The fourth-order valence-electron chi connectivity index (χ4n) is 1.55. The number of nitrogens with two attached hydrogens (primary N) is 1. The van der Waals surface area contributed by atoms with Gasteiger partial charge in [0.2, 0.25) is 5.60 Å². The normalized spacial score (nSPS) is 14.7. The molecule has 6 heteroatoms. The third-order valence-corrected chi connectivity index (χ3v) is 2.62. The minimum Gasteiger partial charge on any atom is -0.367 e. The van der Waals surface area contributed by atoms with E-state index in [9.17, 15) is 18.0 Å². The Bertz CT molecular complexity index is 445. The zero-order valence-corrected chi connectivity index (χ0v) is 10.1. The van der Waals surface area contributed by atoms with Crippen molar-refractivity contribution in [2.45, 2.75) is 24.8 Å². The van der Waals surface area contributed by atoms with Crippen LogP contribution in [0.5, 0.6) is 0 Å². The lowest BCUT2D eigenvalue weighted by molar-refractivity contribution is -0.268. The Morgan fingerprint density at radius 3 is 2.32 bits per heavy atom. The van der Waals surface area contributed by atoms with Gasteiger partial charge < -0.3 is 10.5 Å². The van der Waals surface area contributed by atoms with Crippen molar-refractivity contribution in [2.75, 3.05) is 0 Å². The van der Waals surface area contributed by atoms with Crippen LogP contribution in [-0.2, 0) is 16.1 Å². The van der Waals surface area contributed by atoms with Crippen LogP contribution in [0.1, 0.15) is 12.0 Å². The molecule has 0 aliphatic rings. The second kappa shape index (κ2) is 5.88. The highest BCUT2D eigenvalue weighted by molar-refractivity contribution is 5.84. The molecule has 0 heterocycles. The largest absolute Gasteiger partial charge is 0.426 e. The first-order valence-corrected chi connectivity index (χ1v) is 5.49. The van der Waals surface area contributed by atoms with Gasteiger partial charge >= 0.3 is 6.18 Å². The average Bonchev–Trinajstić information content (AvgIpc) is 2.33. The van der Waals surface area contributed by atoms with Crippen LogP contribution >= 0.6 is 0 Å². The number of primary amides is 1. The number of ether oxygens (including phenoxy) is 1. The predicted molar refractivity (Wildman–Crippen MR) is 64.0 cm³/mol. The van der Waals surface area contributed by atoms with Gasteiger partial charge in [0, 0.05) is 6.42 Å². The molecule has 0 spiro atoms. The smallest absolute Gasteiger partial charge is 0.367 e. The van der Waals surface area contributed by atoms with Gasteiger partial charge in [-0.1, -0.05) is 36.4 Å². The summed E-state index contributed by atoms with van der Waals surface area (Å²) in [6.45, 7) is 2.84. The number of carbonyl (C=O) groups excluding carboxylic acids is 1. The maximum absolute atomic E-state index is 13.0. The van der Waals surface area contributed by atoms with Crippen LogP contribution in [-0.4, -0.2) is 17.7 Å². The minimum atomic E-state index is -4.90. The molecule has 0 aliphatic carbocycles. The molecule has 1 aromatic carbocycles. The van der Waals surface area contributed by atoms with Gasteiger partial charge in [-0.05, 0) is 5.56 Å². The molecule has 1 rings (SSSR count). The summed E-state index contributed by atoms with van der Waals surface area (Å²) >= 11 is 0. The van der Waals surface area contributed by atoms with Crippen LogP contribution in [0.3, 0.4) is 0 Å². The monoisotopic (exact) mass is 273 g/mol. The number of carbonyl (C=O) groups is 1. The minimum absolute atomic E-state index is 0.364. The number of hydrogen-bond donors (Lipinski definition) is 1. The molecule has 2 N–H and O–H groups in total. The van der Waals surface area contributed by atoms with Gasteiger partial charge in [0.25, 0.3) is 5.91 Å². The number of rotatable bonds is 6. The summed E-state index contributed by atoms with van der Waals surface area (Å²) in [6, 6.07) is 8.22. The molecule has 0 aliphatic heterocycles. The van der Waals surface area contributed by atoms with Crippen LogP contribution < -0.4 is 5.73 Å². The van der Waals surface area contributed by atoms with Crippen molar-refractivity contribution in [3.63, 3.8) is 0 Å². The number of amides is 1. The maximum Gasteiger partial charge on any atom is 0.426 e. The van der Waals surface area contributed by atoms with Crippen molar-refractivity contribution in [3.05, 3.63) is 48.6 Å². The Labute approximate surface area is 108 Å². The van der Waals surface area contributed by atoms with Crippen molar-refractivity contribution in [1.82, 2.24) is 0 Å². The van der Waals surface area contributed by atoms with E-state index < -0.39 is 24.1 Å². The van der Waals surface area contributed by atoms with Crippen LogP contribution in [0.15, 0.2) is 43.0 Å². The summed E-state index contributed by atoms with van der Waals surface area (Å²) in [7, 11) is 0. The summed E-state index contributed by atoms with van der Waals surface area (Å²) in [5.74, 6) is -1.57. The maximum atomic E-state index is 13.0. The van der Waals surface area contributed by atoms with Gasteiger partial charge in [-0.25, -0.2) is 0 Å². The predicted octanol–water partition coefficient (Wildman–Crippen LogP) is 2.57. The first-order valence-electron chi connectivity index (χ1n) is 5.49. The van der Waals surface area contributed by atoms with Crippen LogP contribution in [0.2, 0.25) is 0 Å². The second-order valence-corrected chi connectivity index (χ2v) is 3.96. The molecular weight excluding hydrogens is 259 g/mol. The van der Waals surface area contributed by atoms with Crippen molar-refractivity contribution in [2.24, 2.45) is 5.73 Å². The van der Waals surface area contributed by atoms with E-state index in [1.165, 1.54) is 0 Å². The van der Waals surface area contributed by atoms with Gasteiger partial charge in [0.1, 0.15) is 0 Å². The van der Waals surface area contributed by atoms with Crippen molar-refractivity contribution < 1.29 is 22.7 Å². The molecule has 1 atom stereocenters. The standard InChI is InChI=1S/C13H14F3NO2/c1-2-8-12(11(17)18,13(14,15)16)19-9-10-6-4-3-5-7-10/h2-7H,1,8-9H2,(H2,17,18)/t12-/m1/s1. The van der Waals surface area contributed by atoms with Crippen LogP contribution in [0, 0.1) is 0 Å². The van der Waals surface area contributed by atoms with Crippen molar-refractivity contribution in [1.29, 1.82) is 0 Å². The quantitative estimate of drug-likeness (QED) is 0.810. The molecule has 0 saturated carbocycles. The van der Waals surface area contributed by atoms with E-state index in [0.717, 1.165) is 6.08 Å². The Morgan fingerprint density at radius 1 is 1.32 bits per heavy atom. The summed E-state index contributed by atoms with van der Waals surface area (Å²) in [5, 5.41) is 0. The highest BCUT2D eigenvalue weighted by Gasteiger charge is 2.60. The third kappa shape index (κ3) is 3.35. The Hall–Kier alpha value is -1.82. The number of benzene rings is 1. The molecule has 0 radical (unpaired) electrons. The van der Waals surface area contributed by atoms with Gasteiger partial charge in [-0.15, -0.1) is 6.58 Å². The van der Waals surface area contributed by atoms with E-state index in [0.29, 0.717) is 5.56 Å². The van der Waals surface area contributed by atoms with E-state index in [-0.39, 0.29) is 6.61 Å². The van der Waals surface area contributed by atoms with E-state index in [4.69, 9.17) is 10.5 Å². The molecule has 1 aromatic rings. The molecule has 1 amide bonds. The Morgan fingerprint density at radius 2 is 1.89 bits per heavy atom. The zero-order valence-electron chi connectivity index (χ0n) is 10.1. The fraction of sp³-hybridized carbons (Fsp3) is 0.308. The van der Waals surface area contributed by atoms with Crippen molar-refractivity contribution in [3.8, 4) is 0 Å². The van der Waals surface area contributed by atoms with E-state index in [2.05, 4.69) is 6.58 Å². The molecular formula is C13H14F3NO2.